The van der Waals surface area contributed by atoms with Gasteiger partial charge in [0.1, 0.15) is 12.4 Å². The molecule has 0 atom stereocenters. The Hall–Kier alpha value is -2.83. The molecule has 1 aliphatic rings. The van der Waals surface area contributed by atoms with Crippen molar-refractivity contribution >= 4 is 42.1 Å². The van der Waals surface area contributed by atoms with E-state index in [0.717, 1.165) is 86.6 Å². The largest absolute Gasteiger partial charge is 0.380 e. The molecule has 0 aliphatic carbocycles. The van der Waals surface area contributed by atoms with Gasteiger partial charge >= 0.3 is 0 Å². The number of nitrogens with one attached hydrogen (secondary N) is 2. The average Bonchev–Trinajstić information content (AvgIpc) is 3.58. The van der Waals surface area contributed by atoms with Gasteiger partial charge in [-0.15, -0.1) is 11.3 Å². The Kier molecular flexibility index (Phi) is 9.25. The summed E-state index contributed by atoms with van der Waals surface area (Å²) >= 11 is 1.75. The van der Waals surface area contributed by atoms with Gasteiger partial charge in [-0.05, 0) is 29.6 Å². The molecule has 1 aromatic carbocycles. The van der Waals surface area contributed by atoms with Crippen molar-refractivity contribution in [3.8, 4) is 11.3 Å². The molecule has 3 aromatic heterocycles. The summed E-state index contributed by atoms with van der Waals surface area (Å²) in [6, 6.07) is 13.7. The van der Waals surface area contributed by atoms with Crippen LogP contribution in [-0.2, 0) is 22.7 Å². The molecular weight excluding hydrogens is 527 g/mol. The minimum absolute atomic E-state index is 0.363. The summed E-state index contributed by atoms with van der Waals surface area (Å²) in [5.74, 6) is 0.608. The third kappa shape index (κ3) is 7.86. The monoisotopic (exact) mass is 565 g/mol. The van der Waals surface area contributed by atoms with Crippen LogP contribution < -0.4 is 10.6 Å². The number of nitrogens with zero attached hydrogens (tertiary/aromatic N) is 5. The summed E-state index contributed by atoms with van der Waals surface area (Å²) in [6.45, 7) is 14.2. The first-order valence-corrected chi connectivity index (χ1v) is 18.3. The van der Waals surface area contributed by atoms with Crippen LogP contribution in [0.15, 0.2) is 48.0 Å². The molecule has 208 valence electrons. The molecule has 0 saturated carbocycles. The van der Waals surface area contributed by atoms with Crippen LogP contribution in [0.25, 0.3) is 22.3 Å². The maximum atomic E-state index is 6.08. The van der Waals surface area contributed by atoms with E-state index in [1.165, 1.54) is 4.88 Å². The zero-order chi connectivity index (χ0) is 27.1. The molecule has 39 heavy (non-hydrogen) atoms. The van der Waals surface area contributed by atoms with Gasteiger partial charge in [-0.25, -0.2) is 9.67 Å². The summed E-state index contributed by atoms with van der Waals surface area (Å²) in [4.78, 5) is 13.2. The Morgan fingerprint density at radius 3 is 2.77 bits per heavy atom. The highest BCUT2D eigenvalue weighted by atomic mass is 32.1. The molecule has 1 fully saturated rings. The number of anilines is 2. The molecule has 2 N–H and O–H groups in total. The van der Waals surface area contributed by atoms with Gasteiger partial charge in [0.25, 0.3) is 0 Å². The molecule has 4 aromatic rings. The molecule has 1 saturated heterocycles. The molecule has 0 unspecified atom stereocenters. The van der Waals surface area contributed by atoms with Crippen LogP contribution in [0.2, 0.25) is 25.7 Å². The molecule has 0 bridgehead atoms. The highest BCUT2D eigenvalue weighted by molar-refractivity contribution is 7.09. The number of morpholine rings is 1. The van der Waals surface area contributed by atoms with E-state index in [1.54, 1.807) is 11.3 Å². The summed E-state index contributed by atoms with van der Waals surface area (Å²) < 4.78 is 13.4. The number of aromatic nitrogens is 4. The predicted molar refractivity (Wildman–Crippen MR) is 162 cm³/mol. The number of fused-ring (bicyclic) bond motifs is 1. The SMILES string of the molecule is C[Si](C)(C)CCOCn1nc(-c2cccc(NCc3cccs3)c2)c2cnc(NCCN3CCOCC3)nc21. The van der Waals surface area contributed by atoms with Crippen molar-refractivity contribution in [2.45, 2.75) is 39.0 Å². The summed E-state index contributed by atoms with van der Waals surface area (Å²) in [7, 11) is -1.18. The van der Waals surface area contributed by atoms with Crippen molar-refractivity contribution in [2.75, 3.05) is 56.6 Å². The van der Waals surface area contributed by atoms with E-state index >= 15 is 0 Å². The topological polar surface area (TPSA) is 89.4 Å². The van der Waals surface area contributed by atoms with Crippen LogP contribution >= 0.6 is 11.3 Å². The van der Waals surface area contributed by atoms with E-state index in [4.69, 9.17) is 19.6 Å². The zero-order valence-corrected chi connectivity index (χ0v) is 25.0. The second-order valence-electron chi connectivity index (χ2n) is 11.0. The van der Waals surface area contributed by atoms with Crippen molar-refractivity contribution in [3.63, 3.8) is 0 Å². The lowest BCUT2D eigenvalue weighted by atomic mass is 10.1. The normalized spacial score (nSPS) is 14.6. The lowest BCUT2D eigenvalue weighted by molar-refractivity contribution is 0.0398. The van der Waals surface area contributed by atoms with Crippen molar-refractivity contribution in [1.82, 2.24) is 24.6 Å². The molecule has 4 heterocycles. The number of ether oxygens (including phenoxy) is 2. The minimum Gasteiger partial charge on any atom is -0.380 e. The number of rotatable bonds is 13. The molecule has 0 amide bonds. The van der Waals surface area contributed by atoms with Crippen LogP contribution in [0.5, 0.6) is 0 Å². The Bertz CT molecular complexity index is 1330. The first-order chi connectivity index (χ1) is 18.9. The molecule has 11 heteroatoms. The molecule has 1 aliphatic heterocycles. The van der Waals surface area contributed by atoms with E-state index in [9.17, 15) is 0 Å². The van der Waals surface area contributed by atoms with Gasteiger partial charge in [-0.1, -0.05) is 37.8 Å². The quantitative estimate of drug-likeness (QED) is 0.168. The summed E-state index contributed by atoms with van der Waals surface area (Å²) in [5, 5.41) is 14.9. The van der Waals surface area contributed by atoms with Gasteiger partial charge in [0.05, 0.1) is 18.6 Å². The third-order valence-corrected chi connectivity index (χ3v) is 9.28. The van der Waals surface area contributed by atoms with Crippen LogP contribution in [0.1, 0.15) is 4.88 Å². The molecule has 9 nitrogen and oxygen atoms in total. The smallest absolute Gasteiger partial charge is 0.224 e. The Morgan fingerprint density at radius 1 is 1.10 bits per heavy atom. The standard InChI is InChI=1S/C28H39N7O2SSi/c1-39(2,3)17-15-37-21-35-27-25(20-31-28(32-27)29-9-10-34-11-13-36-14-12-34)26(33-35)22-6-4-7-23(18-22)30-19-24-8-5-16-38-24/h4-8,16,18,20,30H,9-15,17,19,21H2,1-3H3,(H,29,31,32). The maximum Gasteiger partial charge on any atom is 0.224 e. The van der Waals surface area contributed by atoms with Crippen molar-refractivity contribution < 1.29 is 9.47 Å². The van der Waals surface area contributed by atoms with Crippen LogP contribution in [0, 0.1) is 0 Å². The second-order valence-corrected chi connectivity index (χ2v) is 17.7. The number of thiophene rings is 1. The van der Waals surface area contributed by atoms with Crippen molar-refractivity contribution in [1.29, 1.82) is 0 Å². The zero-order valence-electron chi connectivity index (χ0n) is 23.2. The van der Waals surface area contributed by atoms with E-state index in [-0.39, 0.29) is 0 Å². The van der Waals surface area contributed by atoms with Crippen molar-refractivity contribution in [3.05, 3.63) is 52.9 Å². The molecule has 0 radical (unpaired) electrons. The van der Waals surface area contributed by atoms with Crippen molar-refractivity contribution in [2.24, 2.45) is 0 Å². The highest BCUT2D eigenvalue weighted by Crippen LogP contribution is 2.29. The molecule has 5 rings (SSSR count). The Morgan fingerprint density at radius 2 is 1.97 bits per heavy atom. The fraction of sp³-hybridized carbons (Fsp3) is 0.464. The second kappa shape index (κ2) is 13.0. The van der Waals surface area contributed by atoms with Gasteiger partial charge in [-0.2, -0.15) is 10.1 Å². The van der Waals surface area contributed by atoms with E-state index in [0.29, 0.717) is 12.7 Å². The van der Waals surface area contributed by atoms with E-state index in [1.807, 2.05) is 10.9 Å². The number of hydrogen-bond donors (Lipinski definition) is 2. The van der Waals surface area contributed by atoms with Gasteiger partial charge in [0, 0.05) is 69.7 Å². The first-order valence-electron chi connectivity index (χ1n) is 13.7. The number of benzene rings is 1. The third-order valence-electron chi connectivity index (χ3n) is 6.70. The summed E-state index contributed by atoms with van der Waals surface area (Å²) in [6.07, 6.45) is 1.88. The average molecular weight is 566 g/mol. The first kappa shape index (κ1) is 27.7. The van der Waals surface area contributed by atoms with Crippen LogP contribution in [-0.4, -0.2) is 78.7 Å². The lowest BCUT2D eigenvalue weighted by Crippen LogP contribution is -2.39. The molecule has 0 spiro atoms. The van der Waals surface area contributed by atoms with Gasteiger partial charge in [0.2, 0.25) is 5.95 Å². The number of hydrogen-bond acceptors (Lipinski definition) is 9. The fourth-order valence-electron chi connectivity index (χ4n) is 4.41. The maximum absolute atomic E-state index is 6.08. The Balaban J connectivity index is 1.34. The van der Waals surface area contributed by atoms with Gasteiger partial charge in [0.15, 0.2) is 5.65 Å². The fourth-order valence-corrected chi connectivity index (χ4v) is 5.81. The lowest BCUT2D eigenvalue weighted by Gasteiger charge is -2.26. The van der Waals surface area contributed by atoms with Gasteiger partial charge in [-0.3, -0.25) is 4.90 Å². The Labute approximate surface area is 235 Å². The van der Waals surface area contributed by atoms with Gasteiger partial charge < -0.3 is 20.1 Å². The highest BCUT2D eigenvalue weighted by Gasteiger charge is 2.17. The minimum atomic E-state index is -1.18. The predicted octanol–water partition coefficient (Wildman–Crippen LogP) is 5.22. The van der Waals surface area contributed by atoms with E-state index < -0.39 is 8.07 Å². The summed E-state index contributed by atoms with van der Waals surface area (Å²) in [5.41, 5.74) is 3.71. The van der Waals surface area contributed by atoms with Crippen LogP contribution in [0.4, 0.5) is 11.6 Å². The molecular formula is C28H39N7O2SSi. The van der Waals surface area contributed by atoms with Crippen LogP contribution in [0.3, 0.4) is 0 Å². The van der Waals surface area contributed by atoms with E-state index in [2.05, 4.69) is 81.9 Å².